The summed E-state index contributed by atoms with van der Waals surface area (Å²) in [6.45, 7) is 14.9. The molecule has 3 unspecified atom stereocenters. The molecule has 0 aromatic rings. The first kappa shape index (κ1) is 21.9. The summed E-state index contributed by atoms with van der Waals surface area (Å²) in [5, 5.41) is 10.3. The monoisotopic (exact) mass is 400 g/mol. The van der Waals surface area contributed by atoms with Crippen molar-refractivity contribution in [1.29, 1.82) is 0 Å². The van der Waals surface area contributed by atoms with Crippen molar-refractivity contribution in [3.05, 3.63) is 12.2 Å². The zero-order valence-electron chi connectivity index (χ0n) is 20.2. The molecule has 4 aliphatic carbocycles. The third kappa shape index (κ3) is 3.66. The molecule has 0 aromatic carbocycles. The molecular formula is C28H48O. The Hall–Kier alpha value is -0.300. The molecule has 1 nitrogen and oxygen atoms in total. The predicted octanol–water partition coefficient (Wildman–Crippen LogP) is 7.49. The third-order valence-corrected chi connectivity index (χ3v) is 11.1. The zero-order chi connectivity index (χ0) is 21.0. The quantitative estimate of drug-likeness (QED) is 0.485. The van der Waals surface area contributed by atoms with Crippen molar-refractivity contribution in [2.75, 3.05) is 0 Å². The van der Waals surface area contributed by atoms with Crippen LogP contribution in [0.25, 0.3) is 0 Å². The largest absolute Gasteiger partial charge is 0.393 e. The van der Waals surface area contributed by atoms with Gasteiger partial charge >= 0.3 is 0 Å². The van der Waals surface area contributed by atoms with Gasteiger partial charge in [-0.1, -0.05) is 53.7 Å². The molecular weight excluding hydrogens is 352 g/mol. The SMILES string of the molecule is CC(C)[C@H](C)/C=C/[C@@H](C)[C@H]1CCC2C3CC[C@H]4C[C@@H](O)CC[C@]4(C)C3CC[C@@]21C. The standard InChI is InChI=1S/C28H48O/c1-18(2)19(3)7-8-20(4)24-11-12-25-23-10-9-21-17-22(29)13-15-27(21,5)26(23)14-16-28(24,25)6/h7-8,18-26,29H,9-17H2,1-6H3/b8-7+/t19-,20-,21+,22+,23?,24-,25?,26?,27+,28-/m1/s1. The maximum Gasteiger partial charge on any atom is 0.0543 e. The second kappa shape index (κ2) is 7.99. The minimum atomic E-state index is -0.0183. The van der Waals surface area contributed by atoms with Crippen molar-refractivity contribution in [1.82, 2.24) is 0 Å². The summed E-state index contributed by atoms with van der Waals surface area (Å²) in [6, 6.07) is 0. The van der Waals surface area contributed by atoms with E-state index in [-0.39, 0.29) is 6.10 Å². The smallest absolute Gasteiger partial charge is 0.0543 e. The first-order valence-electron chi connectivity index (χ1n) is 13.0. The van der Waals surface area contributed by atoms with E-state index in [0.29, 0.717) is 16.7 Å². The summed E-state index contributed by atoms with van der Waals surface area (Å²) in [5.74, 6) is 6.66. The van der Waals surface area contributed by atoms with Gasteiger partial charge in [0.15, 0.2) is 0 Å². The number of fused-ring (bicyclic) bond motifs is 5. The van der Waals surface area contributed by atoms with E-state index in [2.05, 4.69) is 53.7 Å². The Morgan fingerprint density at radius 1 is 0.793 bits per heavy atom. The molecule has 0 bridgehead atoms. The Labute approximate surface area is 181 Å². The highest BCUT2D eigenvalue weighted by Gasteiger charge is 2.60. The molecule has 0 aliphatic heterocycles. The van der Waals surface area contributed by atoms with Gasteiger partial charge in [-0.05, 0) is 116 Å². The summed E-state index contributed by atoms with van der Waals surface area (Å²) in [5.41, 5.74) is 1.07. The summed E-state index contributed by atoms with van der Waals surface area (Å²) >= 11 is 0. The number of hydrogen-bond acceptors (Lipinski definition) is 1. The molecule has 4 aliphatic rings. The molecule has 29 heavy (non-hydrogen) atoms. The van der Waals surface area contributed by atoms with Gasteiger partial charge in [-0.3, -0.25) is 0 Å². The van der Waals surface area contributed by atoms with Gasteiger partial charge < -0.3 is 5.11 Å². The second-order valence-electron chi connectivity index (χ2n) is 12.7. The van der Waals surface area contributed by atoms with Crippen LogP contribution in [-0.4, -0.2) is 11.2 Å². The van der Waals surface area contributed by atoms with Crippen molar-refractivity contribution in [3.63, 3.8) is 0 Å². The first-order valence-corrected chi connectivity index (χ1v) is 13.0. The van der Waals surface area contributed by atoms with E-state index in [1.807, 2.05) is 0 Å². The average Bonchev–Trinajstić information content (AvgIpc) is 3.03. The normalized spacial score (nSPS) is 49.5. The van der Waals surface area contributed by atoms with E-state index in [1.54, 1.807) is 0 Å². The maximum atomic E-state index is 10.3. The van der Waals surface area contributed by atoms with Crippen LogP contribution in [0.2, 0.25) is 0 Å². The van der Waals surface area contributed by atoms with Gasteiger partial charge in [0.25, 0.3) is 0 Å². The van der Waals surface area contributed by atoms with E-state index < -0.39 is 0 Å². The molecule has 0 aromatic heterocycles. The van der Waals surface area contributed by atoms with E-state index in [0.717, 1.165) is 54.3 Å². The molecule has 0 amide bonds. The lowest BCUT2D eigenvalue weighted by molar-refractivity contribution is -0.128. The number of aliphatic hydroxyl groups is 1. The fourth-order valence-corrected chi connectivity index (χ4v) is 8.85. The van der Waals surface area contributed by atoms with Gasteiger partial charge in [0.1, 0.15) is 0 Å². The van der Waals surface area contributed by atoms with Crippen LogP contribution in [0, 0.1) is 58.2 Å². The van der Waals surface area contributed by atoms with Crippen LogP contribution in [0.1, 0.15) is 99.3 Å². The summed E-state index contributed by atoms with van der Waals surface area (Å²) in [6.07, 6.45) is 17.1. The Morgan fingerprint density at radius 2 is 1.48 bits per heavy atom. The average molecular weight is 401 g/mol. The fourth-order valence-electron chi connectivity index (χ4n) is 8.85. The van der Waals surface area contributed by atoms with Crippen molar-refractivity contribution in [2.24, 2.45) is 58.2 Å². The zero-order valence-corrected chi connectivity index (χ0v) is 20.2. The molecule has 0 spiro atoms. The first-order chi connectivity index (χ1) is 13.7. The molecule has 10 atom stereocenters. The number of rotatable bonds is 4. The van der Waals surface area contributed by atoms with Gasteiger partial charge in [0.2, 0.25) is 0 Å². The summed E-state index contributed by atoms with van der Waals surface area (Å²) in [7, 11) is 0. The van der Waals surface area contributed by atoms with Gasteiger partial charge in [-0.2, -0.15) is 0 Å². The van der Waals surface area contributed by atoms with Gasteiger partial charge in [-0.25, -0.2) is 0 Å². The molecule has 4 fully saturated rings. The molecule has 0 heterocycles. The Bertz CT molecular complexity index is 607. The van der Waals surface area contributed by atoms with E-state index >= 15 is 0 Å². The van der Waals surface area contributed by atoms with E-state index in [4.69, 9.17) is 0 Å². The molecule has 1 heteroatoms. The Kier molecular flexibility index (Phi) is 6.04. The lowest BCUT2D eigenvalue weighted by atomic mass is 9.44. The lowest BCUT2D eigenvalue weighted by Gasteiger charge is -2.61. The van der Waals surface area contributed by atoms with Crippen LogP contribution < -0.4 is 0 Å². The van der Waals surface area contributed by atoms with Crippen molar-refractivity contribution < 1.29 is 5.11 Å². The number of aliphatic hydroxyl groups excluding tert-OH is 1. The van der Waals surface area contributed by atoms with Gasteiger partial charge in [0, 0.05) is 0 Å². The summed E-state index contributed by atoms with van der Waals surface area (Å²) in [4.78, 5) is 0. The van der Waals surface area contributed by atoms with E-state index in [1.165, 1.54) is 44.9 Å². The van der Waals surface area contributed by atoms with Gasteiger partial charge in [0.05, 0.1) is 6.10 Å². The highest BCUT2D eigenvalue weighted by atomic mass is 16.3. The van der Waals surface area contributed by atoms with E-state index in [9.17, 15) is 5.11 Å². The highest BCUT2D eigenvalue weighted by Crippen LogP contribution is 2.68. The third-order valence-electron chi connectivity index (χ3n) is 11.1. The summed E-state index contributed by atoms with van der Waals surface area (Å²) < 4.78 is 0. The molecule has 0 radical (unpaired) electrons. The predicted molar refractivity (Wildman–Crippen MR) is 124 cm³/mol. The minimum absolute atomic E-state index is 0.0183. The van der Waals surface area contributed by atoms with Gasteiger partial charge in [-0.15, -0.1) is 0 Å². The van der Waals surface area contributed by atoms with Crippen LogP contribution in [0.4, 0.5) is 0 Å². The van der Waals surface area contributed by atoms with Crippen LogP contribution in [-0.2, 0) is 0 Å². The molecule has 1 N–H and O–H groups in total. The maximum absolute atomic E-state index is 10.3. The minimum Gasteiger partial charge on any atom is -0.393 e. The lowest BCUT2D eigenvalue weighted by Crippen LogP contribution is -2.54. The Morgan fingerprint density at radius 3 is 2.21 bits per heavy atom. The second-order valence-corrected chi connectivity index (χ2v) is 12.7. The van der Waals surface area contributed by atoms with Crippen LogP contribution in [0.5, 0.6) is 0 Å². The fraction of sp³-hybridized carbons (Fsp3) is 0.929. The van der Waals surface area contributed by atoms with Crippen molar-refractivity contribution in [2.45, 2.75) is 105 Å². The van der Waals surface area contributed by atoms with Crippen LogP contribution in [0.15, 0.2) is 12.2 Å². The van der Waals surface area contributed by atoms with Crippen molar-refractivity contribution in [3.8, 4) is 0 Å². The molecule has 0 saturated heterocycles. The highest BCUT2D eigenvalue weighted by molar-refractivity contribution is 5.11. The number of hydrogen-bond donors (Lipinski definition) is 1. The molecule has 166 valence electrons. The van der Waals surface area contributed by atoms with Crippen LogP contribution in [0.3, 0.4) is 0 Å². The Balaban J connectivity index is 1.50. The molecule has 4 saturated carbocycles. The number of allylic oxidation sites excluding steroid dienone is 2. The van der Waals surface area contributed by atoms with Crippen LogP contribution >= 0.6 is 0 Å². The molecule has 4 rings (SSSR count). The topological polar surface area (TPSA) is 20.2 Å². The van der Waals surface area contributed by atoms with Crippen molar-refractivity contribution >= 4 is 0 Å².